The maximum absolute atomic E-state index is 5.20. The summed E-state index contributed by atoms with van der Waals surface area (Å²) in [4.78, 5) is 15.3. The van der Waals surface area contributed by atoms with Crippen molar-refractivity contribution in [2.45, 2.75) is 0 Å². The summed E-state index contributed by atoms with van der Waals surface area (Å²) in [6.07, 6.45) is 8.27. The first-order chi connectivity index (χ1) is 22.8. The summed E-state index contributed by atoms with van der Waals surface area (Å²) in [6.45, 7) is 0. The number of hydrogen-bond donors (Lipinski definition) is 0. The molecule has 0 spiro atoms. The number of aromatic nitrogens is 6. The highest BCUT2D eigenvalue weighted by molar-refractivity contribution is 6.10. The minimum Gasteiger partial charge on any atom is -0.284 e. The Labute approximate surface area is 263 Å². The fraction of sp³-hybridized carbons (Fsp3) is 0. The molecule has 0 radical (unpaired) electrons. The quantitative estimate of drug-likeness (QED) is 0.194. The van der Waals surface area contributed by atoms with Crippen molar-refractivity contribution >= 4 is 49.4 Å². The molecule has 6 nitrogen and oxygen atoms in total. The second-order valence-electron chi connectivity index (χ2n) is 11.7. The summed E-state index contributed by atoms with van der Waals surface area (Å²) in [5.41, 5.74) is 10.0. The number of fused-ring (bicyclic) bond motifs is 10. The van der Waals surface area contributed by atoms with E-state index in [4.69, 9.17) is 15.0 Å². The van der Waals surface area contributed by atoms with Crippen molar-refractivity contribution in [1.82, 2.24) is 23.9 Å². The van der Waals surface area contributed by atoms with Gasteiger partial charge in [0.15, 0.2) is 5.65 Å². The second-order valence-corrected chi connectivity index (χ2v) is 11.7. The van der Waals surface area contributed by atoms with Crippen LogP contribution in [0.25, 0.3) is 83.0 Å². The molecule has 0 atom stereocenters. The predicted molar refractivity (Wildman–Crippen MR) is 184 cm³/mol. The molecule has 0 bridgehead atoms. The zero-order valence-electron chi connectivity index (χ0n) is 24.6. The Bertz CT molecular complexity index is 2600. The minimum absolute atomic E-state index is 0.870. The van der Waals surface area contributed by atoms with Gasteiger partial charge in [-0.15, -0.1) is 4.52 Å². The highest BCUT2D eigenvalue weighted by atomic mass is 15.3. The highest BCUT2D eigenvalue weighted by Crippen LogP contribution is 2.35. The average Bonchev–Trinajstić information content (AvgIpc) is 3.70. The van der Waals surface area contributed by atoms with Gasteiger partial charge >= 0.3 is 0 Å². The third-order valence-electron chi connectivity index (χ3n) is 9.05. The predicted octanol–water partition coefficient (Wildman–Crippen LogP) is 8.58. The van der Waals surface area contributed by atoms with Gasteiger partial charge in [0.2, 0.25) is 18.0 Å². The monoisotopic (exact) mass is 589 g/mol. The normalized spacial score (nSPS) is 11.9. The number of rotatable bonds is 3. The molecule has 10 aromatic rings. The van der Waals surface area contributed by atoms with E-state index in [2.05, 4.69) is 123 Å². The van der Waals surface area contributed by atoms with Crippen LogP contribution < -0.4 is 4.52 Å². The van der Waals surface area contributed by atoms with E-state index < -0.39 is 0 Å². The molecule has 0 saturated carbocycles. The standard InChI is InChI=1S/C40H25N6/c1-2-10-31-30(9-1)34-25-44-22-7-8-24-46(44)39(34)42-36(31)28-18-14-26(15-19-28)27-16-20-29(21-17-27)37-32-11-3-4-12-33(32)38-40(43-37)45-23-6-5-13-35(45)41-38/h1-25H/q+1. The van der Waals surface area contributed by atoms with Crippen molar-refractivity contribution in [3.63, 3.8) is 0 Å². The van der Waals surface area contributed by atoms with E-state index in [1.807, 2.05) is 42.7 Å². The van der Waals surface area contributed by atoms with Crippen LogP contribution in [0, 0.1) is 0 Å². The maximum atomic E-state index is 5.20. The Morgan fingerprint density at radius 1 is 0.435 bits per heavy atom. The molecule has 0 aliphatic heterocycles. The van der Waals surface area contributed by atoms with Crippen LogP contribution in [0.1, 0.15) is 0 Å². The number of pyridine rings is 3. The lowest BCUT2D eigenvalue weighted by Gasteiger charge is -2.10. The molecule has 0 fully saturated rings. The highest BCUT2D eigenvalue weighted by Gasteiger charge is 2.18. The number of benzene rings is 4. The molecular formula is C40H25N6+. The number of hydrogen-bond acceptors (Lipinski definition) is 3. The van der Waals surface area contributed by atoms with Crippen molar-refractivity contribution in [1.29, 1.82) is 0 Å². The molecule has 6 heterocycles. The van der Waals surface area contributed by atoms with E-state index in [1.165, 1.54) is 5.39 Å². The molecular weight excluding hydrogens is 564 g/mol. The SMILES string of the molecule is c1ccc2c(c1)c(-c1ccc(-c3ccc(-c4nc5c(nc6ccccn65)c5ccccc45)cc3)cc1)nc1c2c[n+]2ccccn12. The van der Waals surface area contributed by atoms with Gasteiger partial charge in [0.05, 0.1) is 23.0 Å². The van der Waals surface area contributed by atoms with Gasteiger partial charge in [0.25, 0.3) is 0 Å². The third-order valence-corrected chi connectivity index (χ3v) is 9.05. The Balaban J connectivity index is 1.05. The Morgan fingerprint density at radius 2 is 1.00 bits per heavy atom. The number of imidazole rings is 1. The lowest BCUT2D eigenvalue weighted by Crippen LogP contribution is -2.25. The third kappa shape index (κ3) is 3.64. The second kappa shape index (κ2) is 9.55. The van der Waals surface area contributed by atoms with Crippen LogP contribution in [0.4, 0.5) is 0 Å². The van der Waals surface area contributed by atoms with Gasteiger partial charge in [-0.25, -0.2) is 15.0 Å². The van der Waals surface area contributed by atoms with Crippen LogP contribution in [0.5, 0.6) is 0 Å². The van der Waals surface area contributed by atoms with Gasteiger partial charge in [-0.05, 0) is 29.3 Å². The average molecular weight is 590 g/mol. The van der Waals surface area contributed by atoms with E-state index in [0.717, 1.165) is 77.6 Å². The Hall–Kier alpha value is -6.40. The molecule has 0 aliphatic rings. The van der Waals surface area contributed by atoms with Crippen LogP contribution in [-0.2, 0) is 0 Å². The molecule has 46 heavy (non-hydrogen) atoms. The molecule has 6 heteroatoms. The minimum atomic E-state index is 0.870. The summed E-state index contributed by atoms with van der Waals surface area (Å²) in [5, 5.41) is 5.68. The largest absolute Gasteiger partial charge is 0.284 e. The molecule has 0 aliphatic carbocycles. The zero-order chi connectivity index (χ0) is 30.2. The van der Waals surface area contributed by atoms with Gasteiger partial charge in [-0.2, -0.15) is 0 Å². The molecule has 0 unspecified atom stereocenters. The molecule has 214 valence electrons. The summed E-state index contributed by atoms with van der Waals surface area (Å²) in [5.74, 6) is 0. The molecule has 0 saturated heterocycles. The smallest absolute Gasteiger partial charge is 0.212 e. The van der Waals surface area contributed by atoms with Crippen LogP contribution in [0.2, 0.25) is 0 Å². The molecule has 4 aromatic carbocycles. The van der Waals surface area contributed by atoms with E-state index in [9.17, 15) is 0 Å². The van der Waals surface area contributed by atoms with Crippen LogP contribution in [0.15, 0.2) is 152 Å². The van der Waals surface area contributed by atoms with Crippen LogP contribution >= 0.6 is 0 Å². The van der Waals surface area contributed by atoms with E-state index in [0.29, 0.717) is 0 Å². The summed E-state index contributed by atoms with van der Waals surface area (Å²) in [7, 11) is 0. The molecule has 0 N–H and O–H groups in total. The summed E-state index contributed by atoms with van der Waals surface area (Å²) < 4.78 is 6.23. The van der Waals surface area contributed by atoms with Crippen LogP contribution in [-0.4, -0.2) is 23.9 Å². The first-order valence-corrected chi connectivity index (χ1v) is 15.4. The lowest BCUT2D eigenvalue weighted by atomic mass is 9.97. The first-order valence-electron chi connectivity index (χ1n) is 15.4. The molecule has 6 aromatic heterocycles. The van der Waals surface area contributed by atoms with Crippen molar-refractivity contribution in [3.05, 3.63) is 152 Å². The van der Waals surface area contributed by atoms with Gasteiger partial charge < -0.3 is 0 Å². The fourth-order valence-corrected chi connectivity index (χ4v) is 6.82. The first kappa shape index (κ1) is 25.0. The summed E-state index contributed by atoms with van der Waals surface area (Å²) in [6, 6.07) is 44.5. The fourth-order valence-electron chi connectivity index (χ4n) is 6.82. The van der Waals surface area contributed by atoms with Crippen LogP contribution in [0.3, 0.4) is 0 Å². The van der Waals surface area contributed by atoms with E-state index in [-0.39, 0.29) is 0 Å². The van der Waals surface area contributed by atoms with Crippen molar-refractivity contribution in [2.24, 2.45) is 0 Å². The van der Waals surface area contributed by atoms with Gasteiger partial charge in [0, 0.05) is 44.9 Å². The Morgan fingerprint density at radius 3 is 1.72 bits per heavy atom. The maximum Gasteiger partial charge on any atom is 0.212 e. The van der Waals surface area contributed by atoms with Gasteiger partial charge in [0.1, 0.15) is 11.2 Å². The number of nitrogens with zero attached hydrogens (tertiary/aromatic N) is 6. The Kier molecular flexibility index (Phi) is 5.19. The van der Waals surface area contributed by atoms with E-state index in [1.54, 1.807) is 0 Å². The lowest BCUT2D eigenvalue weighted by molar-refractivity contribution is -0.615. The molecule has 0 amide bonds. The molecule has 10 rings (SSSR count). The van der Waals surface area contributed by atoms with Crippen molar-refractivity contribution < 1.29 is 4.52 Å². The van der Waals surface area contributed by atoms with E-state index >= 15 is 0 Å². The summed E-state index contributed by atoms with van der Waals surface area (Å²) >= 11 is 0. The van der Waals surface area contributed by atoms with Crippen molar-refractivity contribution in [2.75, 3.05) is 0 Å². The topological polar surface area (TPSA) is 51.6 Å². The zero-order valence-corrected chi connectivity index (χ0v) is 24.6. The van der Waals surface area contributed by atoms with Gasteiger partial charge in [-0.3, -0.25) is 4.40 Å². The van der Waals surface area contributed by atoms with Crippen molar-refractivity contribution in [3.8, 4) is 33.6 Å². The van der Waals surface area contributed by atoms with Gasteiger partial charge in [-0.1, -0.05) is 108 Å².